The second kappa shape index (κ2) is 5.35. The zero-order valence-corrected chi connectivity index (χ0v) is 14.2. The first-order valence-corrected chi connectivity index (χ1v) is 8.20. The third-order valence-electron chi connectivity index (χ3n) is 4.11. The Morgan fingerprint density at radius 1 is 1.26 bits per heavy atom. The molecular formula is C17H11BrClFN2O. The van der Waals surface area contributed by atoms with Gasteiger partial charge in [0.1, 0.15) is 11.6 Å². The summed E-state index contributed by atoms with van der Waals surface area (Å²) in [7, 11) is 0. The minimum absolute atomic E-state index is 0.0702. The van der Waals surface area contributed by atoms with Crippen LogP contribution in [0.1, 0.15) is 16.8 Å². The number of hydrogen-bond donors (Lipinski definition) is 1. The Labute approximate surface area is 145 Å². The zero-order valence-electron chi connectivity index (χ0n) is 11.8. The van der Waals surface area contributed by atoms with Crippen molar-refractivity contribution < 1.29 is 9.13 Å². The predicted octanol–water partition coefficient (Wildman–Crippen LogP) is 4.84. The van der Waals surface area contributed by atoms with Gasteiger partial charge in [0, 0.05) is 34.3 Å². The highest BCUT2D eigenvalue weighted by atomic mass is 79.9. The standard InChI is InChI=1S/C17H11BrClFN2O/c18-15-11-9-17(14-6-7-21-22-14,10-4-2-1-3-5-10)23-13(11)8-12(20)16(15)19/h1-8H,9H2,(H,21,22)/t17-/m0/s1. The van der Waals surface area contributed by atoms with Gasteiger partial charge < -0.3 is 4.74 Å². The number of benzene rings is 2. The highest BCUT2D eigenvalue weighted by molar-refractivity contribution is 9.10. The van der Waals surface area contributed by atoms with Crippen LogP contribution in [0.5, 0.6) is 5.75 Å². The normalized spacial score (nSPS) is 19.4. The Morgan fingerprint density at radius 3 is 2.74 bits per heavy atom. The quantitative estimate of drug-likeness (QED) is 0.632. The molecular weight excluding hydrogens is 383 g/mol. The van der Waals surface area contributed by atoms with E-state index < -0.39 is 11.4 Å². The number of fused-ring (bicyclic) bond motifs is 1. The molecule has 1 N–H and O–H groups in total. The van der Waals surface area contributed by atoms with Gasteiger partial charge in [-0.2, -0.15) is 5.10 Å². The highest BCUT2D eigenvalue weighted by Crippen LogP contribution is 2.49. The van der Waals surface area contributed by atoms with Gasteiger partial charge in [-0.25, -0.2) is 4.39 Å². The van der Waals surface area contributed by atoms with Crippen molar-refractivity contribution in [2.75, 3.05) is 0 Å². The summed E-state index contributed by atoms with van der Waals surface area (Å²) < 4.78 is 20.7. The molecule has 1 aliphatic heterocycles. The van der Waals surface area contributed by atoms with Gasteiger partial charge in [-0.15, -0.1) is 0 Å². The molecule has 0 saturated heterocycles. The smallest absolute Gasteiger partial charge is 0.179 e. The summed E-state index contributed by atoms with van der Waals surface area (Å²) >= 11 is 9.42. The lowest BCUT2D eigenvalue weighted by Crippen LogP contribution is -2.33. The average Bonchev–Trinajstić information content (AvgIpc) is 3.22. The van der Waals surface area contributed by atoms with E-state index in [0.717, 1.165) is 16.8 Å². The first-order valence-electron chi connectivity index (χ1n) is 7.02. The Kier molecular flexibility index (Phi) is 3.43. The lowest BCUT2D eigenvalue weighted by molar-refractivity contribution is 0.134. The zero-order chi connectivity index (χ0) is 16.0. The topological polar surface area (TPSA) is 37.9 Å². The maximum atomic E-state index is 14.0. The lowest BCUT2D eigenvalue weighted by Gasteiger charge is -2.28. The Balaban J connectivity index is 1.93. The minimum Gasteiger partial charge on any atom is -0.475 e. The molecule has 0 spiro atoms. The fraction of sp³-hybridized carbons (Fsp3) is 0.118. The number of hydrogen-bond acceptors (Lipinski definition) is 2. The first-order chi connectivity index (χ1) is 11.1. The summed E-state index contributed by atoms with van der Waals surface area (Å²) in [5.74, 6) is -0.0250. The van der Waals surface area contributed by atoms with Crippen LogP contribution in [-0.2, 0) is 12.0 Å². The molecule has 1 aliphatic rings. The number of ether oxygens (including phenoxy) is 1. The van der Waals surface area contributed by atoms with E-state index in [1.54, 1.807) is 6.20 Å². The fourth-order valence-corrected chi connectivity index (χ4v) is 3.69. The van der Waals surface area contributed by atoms with E-state index in [1.807, 2.05) is 36.4 Å². The lowest BCUT2D eigenvalue weighted by atomic mass is 9.86. The highest BCUT2D eigenvalue weighted by Gasteiger charge is 2.45. The van der Waals surface area contributed by atoms with Crippen molar-refractivity contribution in [2.45, 2.75) is 12.0 Å². The molecule has 1 atom stereocenters. The van der Waals surface area contributed by atoms with E-state index in [2.05, 4.69) is 26.1 Å². The van der Waals surface area contributed by atoms with Crippen LogP contribution in [0, 0.1) is 5.82 Å². The van der Waals surface area contributed by atoms with Crippen molar-refractivity contribution in [3.63, 3.8) is 0 Å². The van der Waals surface area contributed by atoms with Crippen LogP contribution in [0.15, 0.2) is 53.1 Å². The monoisotopic (exact) mass is 392 g/mol. The number of aromatic nitrogens is 2. The number of rotatable bonds is 2. The average molecular weight is 394 g/mol. The van der Waals surface area contributed by atoms with E-state index in [0.29, 0.717) is 16.6 Å². The number of aromatic amines is 1. The molecule has 0 amide bonds. The van der Waals surface area contributed by atoms with Gasteiger partial charge in [-0.1, -0.05) is 41.9 Å². The summed E-state index contributed by atoms with van der Waals surface area (Å²) in [5.41, 5.74) is 1.83. The molecule has 23 heavy (non-hydrogen) atoms. The van der Waals surface area contributed by atoms with E-state index >= 15 is 0 Å². The van der Waals surface area contributed by atoms with Gasteiger partial charge in [-0.3, -0.25) is 5.10 Å². The molecule has 6 heteroatoms. The van der Waals surface area contributed by atoms with Gasteiger partial charge in [0.2, 0.25) is 0 Å². The Hall–Kier alpha value is -1.85. The minimum atomic E-state index is -0.778. The van der Waals surface area contributed by atoms with Gasteiger partial charge >= 0.3 is 0 Å². The van der Waals surface area contributed by atoms with Crippen LogP contribution in [0.25, 0.3) is 0 Å². The summed E-state index contributed by atoms with van der Waals surface area (Å²) in [5, 5.41) is 7.10. The molecule has 0 unspecified atom stereocenters. The molecule has 0 aliphatic carbocycles. The molecule has 3 nitrogen and oxygen atoms in total. The van der Waals surface area contributed by atoms with Crippen molar-refractivity contribution >= 4 is 27.5 Å². The number of nitrogens with one attached hydrogen (secondary N) is 1. The van der Waals surface area contributed by atoms with Crippen LogP contribution in [0.2, 0.25) is 5.02 Å². The number of H-pyrrole nitrogens is 1. The maximum Gasteiger partial charge on any atom is 0.179 e. The number of halogens is 3. The van der Waals surface area contributed by atoms with Crippen molar-refractivity contribution in [3.05, 3.63) is 80.8 Å². The molecule has 116 valence electrons. The first kappa shape index (κ1) is 14.7. The van der Waals surface area contributed by atoms with Crippen molar-refractivity contribution in [3.8, 4) is 5.75 Å². The van der Waals surface area contributed by atoms with Crippen LogP contribution in [-0.4, -0.2) is 10.2 Å². The summed E-state index contributed by atoms with van der Waals surface area (Å²) in [6, 6.07) is 13.0. The Bertz CT molecular complexity index is 870. The van der Waals surface area contributed by atoms with Crippen LogP contribution in [0.3, 0.4) is 0 Å². The second-order valence-electron chi connectivity index (χ2n) is 5.41. The van der Waals surface area contributed by atoms with Crippen molar-refractivity contribution in [2.24, 2.45) is 0 Å². The molecule has 2 heterocycles. The van der Waals surface area contributed by atoms with E-state index in [-0.39, 0.29) is 5.02 Å². The second-order valence-corrected chi connectivity index (χ2v) is 6.58. The SMILES string of the molecule is Fc1cc2c(c(Br)c1Cl)C[C@](c1ccccc1)(c1ccn[nH]1)O2. The Morgan fingerprint density at radius 2 is 2.04 bits per heavy atom. The van der Waals surface area contributed by atoms with E-state index in [9.17, 15) is 4.39 Å². The molecule has 2 aromatic carbocycles. The fourth-order valence-electron chi connectivity index (χ4n) is 2.99. The van der Waals surface area contributed by atoms with Crippen molar-refractivity contribution in [1.82, 2.24) is 10.2 Å². The molecule has 0 saturated carbocycles. The summed E-state index contributed by atoms with van der Waals surface area (Å²) in [6.45, 7) is 0. The molecule has 0 radical (unpaired) electrons. The molecule has 3 aromatic rings. The predicted molar refractivity (Wildman–Crippen MR) is 89.3 cm³/mol. The molecule has 0 fully saturated rings. The van der Waals surface area contributed by atoms with Crippen LogP contribution in [0.4, 0.5) is 4.39 Å². The van der Waals surface area contributed by atoms with E-state index in [4.69, 9.17) is 16.3 Å². The molecule has 1 aromatic heterocycles. The van der Waals surface area contributed by atoms with E-state index in [1.165, 1.54) is 6.07 Å². The number of nitrogens with zero attached hydrogens (tertiary/aromatic N) is 1. The molecule has 0 bridgehead atoms. The van der Waals surface area contributed by atoms with Gasteiger partial charge in [0.25, 0.3) is 0 Å². The van der Waals surface area contributed by atoms with Crippen LogP contribution >= 0.6 is 27.5 Å². The van der Waals surface area contributed by atoms with Gasteiger partial charge in [0.05, 0.1) is 10.7 Å². The third-order valence-corrected chi connectivity index (χ3v) is 5.58. The third kappa shape index (κ3) is 2.18. The molecule has 4 rings (SSSR count). The largest absolute Gasteiger partial charge is 0.475 e. The van der Waals surface area contributed by atoms with Crippen LogP contribution < -0.4 is 4.74 Å². The van der Waals surface area contributed by atoms with Crippen molar-refractivity contribution in [1.29, 1.82) is 0 Å². The summed E-state index contributed by atoms with van der Waals surface area (Å²) in [4.78, 5) is 0. The van der Waals surface area contributed by atoms with Gasteiger partial charge in [0.15, 0.2) is 5.60 Å². The van der Waals surface area contributed by atoms with Gasteiger partial charge in [-0.05, 0) is 22.0 Å². The summed E-state index contributed by atoms with van der Waals surface area (Å²) in [6.07, 6.45) is 2.20. The maximum absolute atomic E-state index is 14.0.